The topological polar surface area (TPSA) is 169 Å². The maximum absolute atomic E-state index is 12.2. The molecule has 12 heteroatoms. The lowest BCUT2D eigenvalue weighted by molar-refractivity contribution is -0.147. The van der Waals surface area contributed by atoms with Gasteiger partial charge in [-0.1, -0.05) is 125 Å². The average molecular weight is 806 g/mol. The molecule has 0 aromatic carbocycles. The third kappa shape index (κ3) is 37.6. The van der Waals surface area contributed by atoms with Crippen molar-refractivity contribution >= 4 is 25.7 Å². The van der Waals surface area contributed by atoms with E-state index in [1.165, 1.54) is 25.7 Å². The minimum absolute atomic E-state index is 0.103. The lowest BCUT2D eigenvalue weighted by atomic mass is 10.1. The zero-order valence-electron chi connectivity index (χ0n) is 34.1. The normalized spacial score (nSPS) is 14.6. The molecule has 0 radical (unpaired) electrons. The molecular weight excluding hydrogens is 733 g/mol. The molecule has 0 saturated heterocycles. The molecule has 0 aliphatic heterocycles. The largest absolute Gasteiger partial charge is 0.480 e. The summed E-state index contributed by atoms with van der Waals surface area (Å²) in [4.78, 5) is 45.8. The minimum Gasteiger partial charge on any atom is -0.480 e. The Labute approximate surface area is 337 Å². The van der Waals surface area contributed by atoms with Gasteiger partial charge in [0.2, 0.25) is 5.91 Å². The number of aliphatic hydroxyl groups is 1. The summed E-state index contributed by atoms with van der Waals surface area (Å²) in [6, 6.07) is -1.57. The number of carbonyl (C=O) groups excluding carboxylic acids is 2. The summed E-state index contributed by atoms with van der Waals surface area (Å²) in [6.07, 6.45) is 46.2. The fourth-order valence-corrected chi connectivity index (χ4v) is 5.73. The number of phosphoric ester groups is 1. The quantitative estimate of drug-likeness (QED) is 0.0205. The summed E-state index contributed by atoms with van der Waals surface area (Å²) in [6.45, 7) is 2.36. The molecule has 0 spiro atoms. The second-order valence-corrected chi connectivity index (χ2v) is 14.9. The van der Waals surface area contributed by atoms with Crippen LogP contribution in [0.15, 0.2) is 85.1 Å². The van der Waals surface area contributed by atoms with Crippen LogP contribution in [0.25, 0.3) is 0 Å². The van der Waals surface area contributed by atoms with E-state index >= 15 is 0 Å². The van der Waals surface area contributed by atoms with E-state index in [1.54, 1.807) is 0 Å². The van der Waals surface area contributed by atoms with E-state index < -0.39 is 57.6 Å². The highest BCUT2D eigenvalue weighted by Gasteiger charge is 2.28. The molecule has 0 heterocycles. The van der Waals surface area contributed by atoms with E-state index in [0.717, 1.165) is 77.0 Å². The van der Waals surface area contributed by atoms with Crippen molar-refractivity contribution in [1.29, 1.82) is 0 Å². The van der Waals surface area contributed by atoms with Gasteiger partial charge in [0.25, 0.3) is 0 Å². The van der Waals surface area contributed by atoms with Crippen molar-refractivity contribution in [2.24, 2.45) is 0 Å². The number of hydrogen-bond acceptors (Lipinski definition) is 8. The van der Waals surface area contributed by atoms with Gasteiger partial charge in [-0.15, -0.1) is 0 Å². The van der Waals surface area contributed by atoms with Crippen molar-refractivity contribution < 1.29 is 47.8 Å². The number of aliphatic hydroxyl groups excluding tert-OH is 1. The number of carbonyl (C=O) groups is 3. The van der Waals surface area contributed by atoms with Gasteiger partial charge in [-0.2, -0.15) is 0 Å². The fourth-order valence-electron chi connectivity index (χ4n) is 4.96. The van der Waals surface area contributed by atoms with Crippen molar-refractivity contribution in [3.05, 3.63) is 85.1 Å². The molecule has 0 saturated carbocycles. The van der Waals surface area contributed by atoms with Gasteiger partial charge in [0.1, 0.15) is 12.7 Å². The Morgan fingerprint density at radius 1 is 0.589 bits per heavy atom. The summed E-state index contributed by atoms with van der Waals surface area (Å²) < 4.78 is 26.7. The lowest BCUT2D eigenvalue weighted by Crippen LogP contribution is -2.43. The highest BCUT2D eigenvalue weighted by Crippen LogP contribution is 2.43. The zero-order chi connectivity index (χ0) is 41.4. The number of phosphoric acid groups is 1. The third-order valence-electron chi connectivity index (χ3n) is 8.17. The van der Waals surface area contributed by atoms with Crippen molar-refractivity contribution in [3.8, 4) is 0 Å². The van der Waals surface area contributed by atoms with Crippen LogP contribution < -0.4 is 5.32 Å². The molecule has 3 unspecified atom stereocenters. The number of carboxylic acids is 1. The second-order valence-electron chi connectivity index (χ2n) is 13.4. The maximum Gasteiger partial charge on any atom is 0.472 e. The first kappa shape index (κ1) is 52.7. The predicted molar refractivity (Wildman–Crippen MR) is 226 cm³/mol. The predicted octanol–water partition coefficient (Wildman–Crippen LogP) is 10.3. The Hall–Kier alpha value is -3.34. The number of rotatable bonds is 37. The van der Waals surface area contributed by atoms with E-state index in [9.17, 15) is 34.1 Å². The monoisotopic (exact) mass is 805 g/mol. The van der Waals surface area contributed by atoms with Gasteiger partial charge in [0, 0.05) is 12.8 Å². The Balaban J connectivity index is 4.02. The molecule has 0 fully saturated rings. The van der Waals surface area contributed by atoms with E-state index in [4.69, 9.17) is 13.8 Å². The molecule has 1 amide bonds. The number of allylic oxidation sites excluding steroid dienone is 14. The molecule has 0 bridgehead atoms. The van der Waals surface area contributed by atoms with Crippen LogP contribution in [0.3, 0.4) is 0 Å². The first-order valence-electron chi connectivity index (χ1n) is 20.6. The van der Waals surface area contributed by atoms with Crippen LogP contribution in [0.4, 0.5) is 0 Å². The van der Waals surface area contributed by atoms with Crippen LogP contribution in [0, 0.1) is 0 Å². The van der Waals surface area contributed by atoms with Gasteiger partial charge in [0.05, 0.1) is 13.2 Å². The molecule has 3 atom stereocenters. The Bertz CT molecular complexity index is 1270. The second kappa shape index (κ2) is 38.5. The van der Waals surface area contributed by atoms with Gasteiger partial charge in [-0.3, -0.25) is 18.6 Å². The molecule has 0 aliphatic carbocycles. The molecule has 0 aromatic heterocycles. The lowest BCUT2D eigenvalue weighted by Gasteiger charge is -2.18. The Morgan fingerprint density at radius 3 is 1.52 bits per heavy atom. The van der Waals surface area contributed by atoms with Gasteiger partial charge in [-0.25, -0.2) is 9.36 Å². The number of ether oxygens (including phenoxy) is 1. The van der Waals surface area contributed by atoms with Crippen LogP contribution >= 0.6 is 7.82 Å². The van der Waals surface area contributed by atoms with E-state index in [0.29, 0.717) is 12.8 Å². The van der Waals surface area contributed by atoms with Crippen molar-refractivity contribution in [2.75, 3.05) is 19.8 Å². The summed E-state index contributed by atoms with van der Waals surface area (Å²) in [7, 11) is -4.77. The standard InChI is InChI=1S/C44H72NO10P/c1-3-5-7-9-11-13-15-17-18-19-20-21-22-24-26-28-30-32-34-36-43(48)53-37-40(46)38-54-56(51,52)55-39-41(44(49)50)45-42(47)35-33-31-29-27-25-23-16-14-12-10-8-6-4-2/h6,8,11-14,17-18,20-21,23-26,40-41,46H,3-5,7,9-10,15-16,19,22,27-39H2,1-2H3,(H,45,47)(H,49,50)(H,51,52)/b8-6-,13-11-,14-12-,18-17-,21-20-,25-23-,26-24-. The number of esters is 1. The van der Waals surface area contributed by atoms with Crippen LogP contribution in [0.1, 0.15) is 142 Å². The van der Waals surface area contributed by atoms with E-state index in [2.05, 4.69) is 104 Å². The minimum atomic E-state index is -4.77. The first-order valence-corrected chi connectivity index (χ1v) is 22.1. The number of nitrogens with one attached hydrogen (secondary N) is 1. The number of unbranched alkanes of at least 4 members (excludes halogenated alkanes) is 9. The van der Waals surface area contributed by atoms with Gasteiger partial charge in [-0.05, 0) is 89.9 Å². The number of hydrogen-bond donors (Lipinski definition) is 4. The van der Waals surface area contributed by atoms with Crippen molar-refractivity contribution in [3.63, 3.8) is 0 Å². The van der Waals surface area contributed by atoms with Gasteiger partial charge >= 0.3 is 19.8 Å². The molecule has 0 aromatic rings. The summed E-state index contributed by atoms with van der Waals surface area (Å²) in [5, 5.41) is 21.7. The summed E-state index contributed by atoms with van der Waals surface area (Å²) >= 11 is 0. The molecule has 0 aliphatic rings. The van der Waals surface area contributed by atoms with E-state index in [1.807, 2.05) is 0 Å². The number of aliphatic carboxylic acids is 1. The highest BCUT2D eigenvalue weighted by atomic mass is 31.2. The smallest absolute Gasteiger partial charge is 0.472 e. The van der Waals surface area contributed by atoms with Crippen molar-refractivity contribution in [2.45, 2.75) is 154 Å². The average Bonchev–Trinajstić information content (AvgIpc) is 3.17. The van der Waals surface area contributed by atoms with Gasteiger partial charge < -0.3 is 25.2 Å². The SMILES string of the molecule is CC/C=C\C/C=C\C/C=C\CCCCCC(=O)NC(COP(=O)(O)OCC(O)COC(=O)CCCCC/C=C\C/C=C\C/C=C\C/C=C\CCCCC)C(=O)O. The summed E-state index contributed by atoms with van der Waals surface area (Å²) in [5.74, 6) is -2.46. The van der Waals surface area contributed by atoms with Crippen LogP contribution in [-0.4, -0.2) is 64.9 Å². The van der Waals surface area contributed by atoms with Crippen LogP contribution in [-0.2, 0) is 32.7 Å². The zero-order valence-corrected chi connectivity index (χ0v) is 35.0. The van der Waals surface area contributed by atoms with Crippen molar-refractivity contribution in [1.82, 2.24) is 5.32 Å². The maximum atomic E-state index is 12.2. The molecule has 56 heavy (non-hydrogen) atoms. The van der Waals surface area contributed by atoms with E-state index in [-0.39, 0.29) is 12.8 Å². The third-order valence-corrected chi connectivity index (χ3v) is 9.12. The fraction of sp³-hybridized carbons (Fsp3) is 0.614. The van der Waals surface area contributed by atoms with Gasteiger partial charge in [0.15, 0.2) is 6.04 Å². The number of amides is 1. The summed E-state index contributed by atoms with van der Waals surface area (Å²) in [5.41, 5.74) is 0. The van der Waals surface area contributed by atoms with Crippen LogP contribution in [0.2, 0.25) is 0 Å². The molecule has 11 nitrogen and oxygen atoms in total. The Morgan fingerprint density at radius 2 is 1.04 bits per heavy atom. The highest BCUT2D eigenvalue weighted by molar-refractivity contribution is 7.47. The van der Waals surface area contributed by atoms with Crippen LogP contribution in [0.5, 0.6) is 0 Å². The Kier molecular flexibility index (Phi) is 36.2. The molecule has 4 N–H and O–H groups in total. The first-order chi connectivity index (χ1) is 27.1. The molecule has 0 rings (SSSR count). The molecule has 318 valence electrons. The number of carboxylic acid groups (broad SMARTS) is 1. The molecular formula is C44H72NO10P.